The predicted octanol–water partition coefficient (Wildman–Crippen LogP) is 18.9. The Morgan fingerprint density at radius 1 is 0.521 bits per heavy atom. The third-order valence-corrected chi connectivity index (χ3v) is 21.8. The molecule has 0 bridgehead atoms. The highest BCUT2D eigenvalue weighted by atomic mass is 16.5. The van der Waals surface area contributed by atoms with Gasteiger partial charge in [-0.2, -0.15) is 0 Å². The van der Waals surface area contributed by atoms with E-state index in [1.807, 2.05) is 0 Å². The largest absolute Gasteiger partial charge is 0.461 e. The van der Waals surface area contributed by atoms with Gasteiger partial charge in [0.05, 0.1) is 0 Å². The zero-order valence-corrected chi connectivity index (χ0v) is 43.8. The number of esters is 2. The highest BCUT2D eigenvalue weighted by molar-refractivity contribution is 5.74. The summed E-state index contributed by atoms with van der Waals surface area (Å²) < 4.78 is 12.1. The van der Waals surface area contributed by atoms with Gasteiger partial charge in [0, 0.05) is 12.8 Å². The number of allylic oxidation sites excluding steroid dienone is 2. The van der Waals surface area contributed by atoms with Crippen molar-refractivity contribution in [2.24, 2.45) is 92.7 Å². The van der Waals surface area contributed by atoms with E-state index >= 15 is 0 Å². The van der Waals surface area contributed by atoms with E-state index < -0.39 is 0 Å². The minimum Gasteiger partial charge on any atom is -0.461 e. The molecule has 8 aliphatic rings. The van der Waals surface area contributed by atoms with E-state index in [9.17, 15) is 9.59 Å². The Bertz CT molecular complexity index is 1790. The molecule has 0 spiro atoms. The van der Waals surface area contributed by atoms with E-state index in [0.717, 1.165) is 110 Å². The van der Waals surface area contributed by atoms with E-state index in [2.05, 4.69) is 105 Å². The maximum absolute atomic E-state index is 13.0. The molecule has 16 atom stereocenters. The van der Waals surface area contributed by atoms with Crippen molar-refractivity contribution < 1.29 is 19.1 Å². The highest BCUT2D eigenvalue weighted by Crippen LogP contribution is 2.69. The maximum atomic E-state index is 13.0. The molecule has 16 unspecified atom stereocenters. The van der Waals surface area contributed by atoms with E-state index in [1.54, 1.807) is 11.1 Å². The van der Waals surface area contributed by atoms with Crippen molar-refractivity contribution in [3.05, 3.63) is 23.3 Å². The van der Waals surface area contributed by atoms with Crippen molar-refractivity contribution in [3.8, 4) is 23.7 Å². The van der Waals surface area contributed by atoms with Gasteiger partial charge in [-0.05, 0) is 194 Å². The molecule has 0 aromatic carbocycles. The summed E-state index contributed by atoms with van der Waals surface area (Å²) in [5.74, 6) is 20.8. The molecule has 6 saturated carbocycles. The zero-order valence-electron chi connectivity index (χ0n) is 43.8. The Balaban J connectivity index is 0.00000266. The summed E-state index contributed by atoms with van der Waals surface area (Å²) in [6, 6.07) is 0. The lowest BCUT2D eigenvalue weighted by Crippen LogP contribution is -2.51. The summed E-state index contributed by atoms with van der Waals surface area (Å²) in [4.78, 5) is 25.9. The van der Waals surface area contributed by atoms with Crippen molar-refractivity contribution in [2.45, 2.75) is 273 Å². The molecule has 0 amide bonds. The van der Waals surface area contributed by atoms with Gasteiger partial charge in [-0.15, -0.1) is 0 Å². The molecule has 6 fully saturated rings. The minimum absolute atomic E-state index is 0. The first-order valence-electron chi connectivity index (χ1n) is 28.2. The smallest absolute Gasteiger partial charge is 0.318 e. The molecule has 0 aliphatic heterocycles. The van der Waals surface area contributed by atoms with E-state index in [4.69, 9.17) is 9.47 Å². The average molecular weight is 984 g/mol. The summed E-state index contributed by atoms with van der Waals surface area (Å²) in [6.07, 6.45) is 32.9. The number of ether oxygens (including phenoxy) is 2. The third-order valence-electron chi connectivity index (χ3n) is 21.8. The SMILES string of the molecule is C.C.C.C.C.CC(C)CCCC(C)C1CCC2C3CC=C4CC(OC(=O)CC#CC#CCC(=O)OC5CCC6(C)C(=CCC7C6CCC6(C)C(C(C)CCCC(C)C)CCC76)C5)CCC4(C)C3CCC12C. The molecule has 4 heteroatoms. The van der Waals surface area contributed by atoms with Crippen LogP contribution in [0, 0.1) is 116 Å². The standard InChI is InChI=1S/C62H94O4.5CH4/c1-41(2)17-15-19-43(5)51-27-29-53-49-25-23-45-39-47(31-35-59(45,7)55(49)33-37-61(51,53)9)65-57(63)21-13-11-12-14-22-58(64)66-48-32-36-60(8)46(40-48)24-26-50-54-30-28-52(44(6)20-16-18-42(3)4)62(54,10)38-34-56(50)60;;;;;/h23-24,41-44,47-56H,15-22,25-40H2,1-10H3;5*1H4. The number of carbonyl (C=O) groups excluding carboxylic acids is 2. The number of rotatable bonds is 14. The van der Waals surface area contributed by atoms with Gasteiger partial charge in [-0.1, -0.05) is 180 Å². The summed E-state index contributed by atoms with van der Waals surface area (Å²) in [5, 5.41) is 0. The lowest BCUT2D eigenvalue weighted by molar-refractivity contribution is -0.151. The fraction of sp³-hybridized carbons (Fsp3) is 0.851. The summed E-state index contributed by atoms with van der Waals surface area (Å²) in [7, 11) is 0. The van der Waals surface area contributed by atoms with Crippen molar-refractivity contribution in [1.29, 1.82) is 0 Å². The Hall–Kier alpha value is -2.46. The van der Waals surface area contributed by atoms with Crippen molar-refractivity contribution >= 4 is 11.9 Å². The Kier molecular flexibility index (Phi) is 22.9. The maximum Gasteiger partial charge on any atom is 0.318 e. The molecule has 71 heavy (non-hydrogen) atoms. The van der Waals surface area contributed by atoms with Crippen LogP contribution in [-0.2, 0) is 19.1 Å². The second-order valence-corrected chi connectivity index (χ2v) is 26.2. The fourth-order valence-electron chi connectivity index (χ4n) is 18.3. The minimum atomic E-state index is -0.260. The average Bonchev–Trinajstić information content (AvgIpc) is 3.81. The van der Waals surface area contributed by atoms with Crippen LogP contribution in [0.1, 0.15) is 260 Å². The van der Waals surface area contributed by atoms with E-state index in [1.165, 1.54) is 103 Å². The zero-order chi connectivity index (χ0) is 47.0. The first kappa shape index (κ1) is 62.8. The summed E-state index contributed by atoms with van der Waals surface area (Å²) >= 11 is 0. The molecular formula is C67H114O4. The molecule has 406 valence electrons. The molecule has 0 heterocycles. The normalized spacial score (nSPS) is 38.0. The van der Waals surface area contributed by atoms with Gasteiger partial charge in [0.1, 0.15) is 25.0 Å². The molecule has 4 nitrogen and oxygen atoms in total. The molecule has 0 aromatic rings. The van der Waals surface area contributed by atoms with Crippen molar-refractivity contribution in [3.63, 3.8) is 0 Å². The molecule has 0 N–H and O–H groups in total. The van der Waals surface area contributed by atoms with E-state index in [0.29, 0.717) is 10.8 Å². The lowest BCUT2D eigenvalue weighted by atomic mass is 9.47. The van der Waals surface area contributed by atoms with Crippen LogP contribution in [0.15, 0.2) is 23.3 Å². The van der Waals surface area contributed by atoms with Gasteiger partial charge in [0.15, 0.2) is 0 Å². The van der Waals surface area contributed by atoms with Crippen LogP contribution in [0.4, 0.5) is 0 Å². The first-order valence-corrected chi connectivity index (χ1v) is 28.2. The monoisotopic (exact) mass is 983 g/mol. The predicted molar refractivity (Wildman–Crippen MR) is 304 cm³/mol. The lowest BCUT2D eigenvalue weighted by Gasteiger charge is -2.58. The van der Waals surface area contributed by atoms with Crippen LogP contribution in [-0.4, -0.2) is 24.1 Å². The molecule has 0 saturated heterocycles. The van der Waals surface area contributed by atoms with Crippen molar-refractivity contribution in [2.75, 3.05) is 0 Å². The van der Waals surface area contributed by atoms with Crippen LogP contribution in [0.2, 0.25) is 0 Å². The van der Waals surface area contributed by atoms with Gasteiger partial charge in [-0.25, -0.2) is 0 Å². The molecule has 8 aliphatic carbocycles. The number of carbonyl (C=O) groups is 2. The van der Waals surface area contributed by atoms with Gasteiger partial charge in [-0.3, -0.25) is 9.59 Å². The third kappa shape index (κ3) is 12.8. The molecule has 8 rings (SSSR count). The van der Waals surface area contributed by atoms with Crippen LogP contribution >= 0.6 is 0 Å². The second-order valence-electron chi connectivity index (χ2n) is 26.2. The number of fused-ring (bicyclic) bond motifs is 10. The highest BCUT2D eigenvalue weighted by Gasteiger charge is 2.61. The Morgan fingerprint density at radius 3 is 1.27 bits per heavy atom. The van der Waals surface area contributed by atoms with Gasteiger partial charge in [0.2, 0.25) is 0 Å². The molecule has 0 aromatic heterocycles. The number of hydrogen-bond donors (Lipinski definition) is 0. The van der Waals surface area contributed by atoms with Crippen LogP contribution in [0.25, 0.3) is 0 Å². The van der Waals surface area contributed by atoms with Gasteiger partial charge < -0.3 is 9.47 Å². The van der Waals surface area contributed by atoms with E-state index in [-0.39, 0.29) is 85.0 Å². The number of hydrogen-bond acceptors (Lipinski definition) is 4. The quantitative estimate of drug-likeness (QED) is 0.0989. The summed E-state index contributed by atoms with van der Waals surface area (Å²) in [5.41, 5.74) is 4.58. The second kappa shape index (κ2) is 25.9. The van der Waals surface area contributed by atoms with Gasteiger partial charge >= 0.3 is 11.9 Å². The Morgan fingerprint density at radius 2 is 0.901 bits per heavy atom. The topological polar surface area (TPSA) is 52.6 Å². The van der Waals surface area contributed by atoms with Gasteiger partial charge in [0.25, 0.3) is 0 Å². The van der Waals surface area contributed by atoms with Crippen molar-refractivity contribution in [1.82, 2.24) is 0 Å². The van der Waals surface area contributed by atoms with Crippen LogP contribution in [0.3, 0.4) is 0 Å². The molecule has 0 radical (unpaired) electrons. The fourth-order valence-corrected chi connectivity index (χ4v) is 18.3. The van der Waals surface area contributed by atoms with Crippen LogP contribution < -0.4 is 0 Å². The Labute approximate surface area is 441 Å². The summed E-state index contributed by atoms with van der Waals surface area (Å²) in [6.45, 7) is 25.1. The first-order chi connectivity index (χ1) is 31.5. The molecular weight excluding hydrogens is 869 g/mol. The van der Waals surface area contributed by atoms with Crippen LogP contribution in [0.5, 0.6) is 0 Å².